The number of rotatable bonds is 7. The second-order valence-electron chi connectivity index (χ2n) is 6.72. The fourth-order valence-corrected chi connectivity index (χ4v) is 2.91. The van der Waals surface area contributed by atoms with E-state index < -0.39 is 0 Å². The third kappa shape index (κ3) is 4.37. The molecule has 0 aliphatic heterocycles. The second kappa shape index (κ2) is 8.05. The molecule has 2 aromatic heterocycles. The normalized spacial score (nSPS) is 10.8. The second-order valence-corrected chi connectivity index (χ2v) is 6.72. The van der Waals surface area contributed by atoms with Crippen molar-refractivity contribution in [1.82, 2.24) is 19.6 Å². The van der Waals surface area contributed by atoms with E-state index in [1.54, 1.807) is 7.11 Å². The zero-order valence-corrected chi connectivity index (χ0v) is 16.3. The first kappa shape index (κ1) is 18.5. The number of fused-ring (bicyclic) bond motifs is 1. The average Bonchev–Trinajstić information content (AvgIpc) is 3.16. The maximum atomic E-state index is 12.4. The maximum absolute atomic E-state index is 12.4. The van der Waals surface area contributed by atoms with Crippen LogP contribution in [0.4, 0.5) is 11.6 Å². The van der Waals surface area contributed by atoms with Crippen molar-refractivity contribution in [2.24, 2.45) is 0 Å². The number of hydrogen-bond acceptors (Lipinski definition) is 6. The van der Waals surface area contributed by atoms with E-state index in [-0.39, 0.29) is 5.56 Å². The molecule has 0 radical (unpaired) electrons. The van der Waals surface area contributed by atoms with E-state index in [0.29, 0.717) is 30.5 Å². The molecule has 148 valence electrons. The van der Waals surface area contributed by atoms with Gasteiger partial charge in [-0.1, -0.05) is 35.9 Å². The molecule has 29 heavy (non-hydrogen) atoms. The molecule has 0 aliphatic rings. The quantitative estimate of drug-likeness (QED) is 0.449. The number of anilines is 2. The predicted molar refractivity (Wildman–Crippen MR) is 112 cm³/mol. The summed E-state index contributed by atoms with van der Waals surface area (Å²) >= 11 is 0. The highest BCUT2D eigenvalue weighted by atomic mass is 16.5. The van der Waals surface area contributed by atoms with Gasteiger partial charge in [0.15, 0.2) is 0 Å². The lowest BCUT2D eigenvalue weighted by Gasteiger charge is -2.07. The summed E-state index contributed by atoms with van der Waals surface area (Å²) in [5.74, 6) is 1.58. The fourth-order valence-electron chi connectivity index (χ4n) is 2.91. The van der Waals surface area contributed by atoms with Crippen LogP contribution in [0.5, 0.6) is 5.75 Å². The molecular formula is C21H22N6O2. The van der Waals surface area contributed by atoms with E-state index in [1.165, 1.54) is 16.1 Å². The Labute approximate surface area is 167 Å². The van der Waals surface area contributed by atoms with E-state index in [0.717, 1.165) is 17.0 Å². The molecule has 0 saturated carbocycles. The minimum absolute atomic E-state index is 0.215. The summed E-state index contributed by atoms with van der Waals surface area (Å²) in [6.07, 6.45) is 0. The van der Waals surface area contributed by atoms with Crippen LogP contribution in [0.15, 0.2) is 59.4 Å². The molecule has 0 saturated heterocycles. The Morgan fingerprint density at radius 1 is 1.03 bits per heavy atom. The Hall–Kier alpha value is -3.81. The number of benzene rings is 2. The van der Waals surface area contributed by atoms with E-state index >= 15 is 0 Å². The highest BCUT2D eigenvalue weighted by Gasteiger charge is 2.08. The summed E-state index contributed by atoms with van der Waals surface area (Å²) in [6, 6.07) is 17.3. The number of nitrogens with zero attached hydrogens (tertiary/aromatic N) is 3. The molecular weight excluding hydrogens is 368 g/mol. The van der Waals surface area contributed by atoms with Gasteiger partial charge in [-0.25, -0.2) is 4.98 Å². The Kier molecular flexibility index (Phi) is 5.15. The van der Waals surface area contributed by atoms with Gasteiger partial charge in [0.2, 0.25) is 5.95 Å². The van der Waals surface area contributed by atoms with Crippen LogP contribution < -0.4 is 20.9 Å². The van der Waals surface area contributed by atoms with Gasteiger partial charge in [-0.2, -0.15) is 9.50 Å². The number of aromatic nitrogens is 4. The monoisotopic (exact) mass is 390 g/mol. The first-order valence-electron chi connectivity index (χ1n) is 9.27. The molecule has 0 fully saturated rings. The first-order valence-corrected chi connectivity index (χ1v) is 9.27. The van der Waals surface area contributed by atoms with Crippen molar-refractivity contribution in [1.29, 1.82) is 0 Å². The van der Waals surface area contributed by atoms with Gasteiger partial charge in [-0.05, 0) is 24.6 Å². The third-order valence-corrected chi connectivity index (χ3v) is 4.51. The molecule has 2 aromatic carbocycles. The molecule has 0 unspecified atom stereocenters. The largest absolute Gasteiger partial charge is 0.497 e. The van der Waals surface area contributed by atoms with Crippen LogP contribution in [-0.2, 0) is 13.1 Å². The molecule has 3 N–H and O–H groups in total. The van der Waals surface area contributed by atoms with Gasteiger partial charge in [0.25, 0.3) is 11.3 Å². The van der Waals surface area contributed by atoms with Crippen molar-refractivity contribution in [3.8, 4) is 5.75 Å². The molecule has 4 aromatic rings. The number of hydrogen-bond donors (Lipinski definition) is 3. The molecule has 8 heteroatoms. The van der Waals surface area contributed by atoms with Gasteiger partial charge in [-0.3, -0.25) is 9.89 Å². The lowest BCUT2D eigenvalue weighted by molar-refractivity contribution is 0.415. The number of nitrogens with one attached hydrogen (secondary N) is 3. The van der Waals surface area contributed by atoms with E-state index in [1.807, 2.05) is 24.3 Å². The van der Waals surface area contributed by atoms with Crippen LogP contribution in [-0.4, -0.2) is 26.7 Å². The maximum Gasteiger partial charge on any atom is 0.274 e. The molecule has 0 atom stereocenters. The third-order valence-electron chi connectivity index (χ3n) is 4.51. The highest BCUT2D eigenvalue weighted by Crippen LogP contribution is 2.17. The van der Waals surface area contributed by atoms with Crippen molar-refractivity contribution in [2.75, 3.05) is 17.7 Å². The summed E-state index contributed by atoms with van der Waals surface area (Å²) < 4.78 is 6.54. The minimum Gasteiger partial charge on any atom is -0.497 e. The van der Waals surface area contributed by atoms with Gasteiger partial charge in [0.1, 0.15) is 5.75 Å². The van der Waals surface area contributed by atoms with Crippen LogP contribution in [0.25, 0.3) is 5.78 Å². The van der Waals surface area contributed by atoms with Crippen LogP contribution in [0.1, 0.15) is 16.8 Å². The number of methoxy groups -OCH3 is 1. The number of aryl methyl sites for hydroxylation is 1. The SMILES string of the molecule is COc1cccc(NCc2cc(=O)n3[nH]c(NCc4ccc(C)cc4)nc3n2)c1. The van der Waals surface area contributed by atoms with Gasteiger partial charge in [-0.15, -0.1) is 0 Å². The van der Waals surface area contributed by atoms with Crippen molar-refractivity contribution >= 4 is 17.4 Å². The Morgan fingerprint density at radius 2 is 1.86 bits per heavy atom. The summed E-state index contributed by atoms with van der Waals surface area (Å²) in [7, 11) is 1.62. The molecule has 0 bridgehead atoms. The van der Waals surface area contributed by atoms with Crippen LogP contribution in [0.2, 0.25) is 0 Å². The van der Waals surface area contributed by atoms with Gasteiger partial charge < -0.3 is 15.4 Å². The van der Waals surface area contributed by atoms with Crippen molar-refractivity contribution in [2.45, 2.75) is 20.0 Å². The Morgan fingerprint density at radius 3 is 2.66 bits per heavy atom. The van der Waals surface area contributed by atoms with Gasteiger partial charge >= 0.3 is 0 Å². The molecule has 8 nitrogen and oxygen atoms in total. The zero-order valence-electron chi connectivity index (χ0n) is 16.3. The standard InChI is InChI=1S/C21H22N6O2/c1-14-6-8-15(9-7-14)12-23-20-25-21-24-17(11-19(28)27(21)26-20)13-22-16-4-3-5-18(10-16)29-2/h3-11,22H,12-13H2,1-2H3,(H2,23,24,25,26). The van der Waals surface area contributed by atoms with Crippen LogP contribution >= 0.6 is 0 Å². The van der Waals surface area contributed by atoms with Crippen LogP contribution in [0.3, 0.4) is 0 Å². The molecule has 0 spiro atoms. The van der Waals surface area contributed by atoms with Crippen molar-refractivity contribution < 1.29 is 4.74 Å². The summed E-state index contributed by atoms with van der Waals surface area (Å²) in [6.45, 7) is 3.05. The van der Waals surface area contributed by atoms with Gasteiger partial charge in [0, 0.05) is 24.4 Å². The molecule has 2 heterocycles. The zero-order chi connectivity index (χ0) is 20.2. The minimum atomic E-state index is -0.215. The van der Waals surface area contributed by atoms with E-state index in [2.05, 4.69) is 56.9 Å². The Bertz CT molecular complexity index is 1180. The number of H-pyrrole nitrogens is 1. The molecule has 0 aliphatic carbocycles. The first-order chi connectivity index (χ1) is 14.1. The van der Waals surface area contributed by atoms with Crippen molar-refractivity contribution in [3.63, 3.8) is 0 Å². The summed E-state index contributed by atoms with van der Waals surface area (Å²) in [4.78, 5) is 21.3. The lowest BCUT2D eigenvalue weighted by Crippen LogP contribution is -2.17. The average molecular weight is 390 g/mol. The van der Waals surface area contributed by atoms with Crippen LogP contribution in [0, 0.1) is 6.92 Å². The smallest absolute Gasteiger partial charge is 0.274 e. The predicted octanol–water partition coefficient (Wildman–Crippen LogP) is 2.96. The number of aromatic amines is 1. The van der Waals surface area contributed by atoms with E-state index in [9.17, 15) is 4.79 Å². The highest BCUT2D eigenvalue weighted by molar-refractivity contribution is 5.48. The van der Waals surface area contributed by atoms with Gasteiger partial charge in [0.05, 0.1) is 19.3 Å². The molecule has 0 amide bonds. The number of ether oxygens (including phenoxy) is 1. The fraction of sp³-hybridized carbons (Fsp3) is 0.190. The Balaban J connectivity index is 1.47. The lowest BCUT2D eigenvalue weighted by atomic mass is 10.1. The summed E-state index contributed by atoms with van der Waals surface area (Å²) in [5, 5.41) is 9.38. The van der Waals surface area contributed by atoms with Crippen molar-refractivity contribution in [3.05, 3.63) is 81.8 Å². The molecule has 4 rings (SSSR count). The van der Waals surface area contributed by atoms with E-state index in [4.69, 9.17) is 4.74 Å². The summed E-state index contributed by atoms with van der Waals surface area (Å²) in [5.41, 5.74) is 3.61. The topological polar surface area (TPSA) is 96.3 Å².